The van der Waals surface area contributed by atoms with Crippen LogP contribution in [0.4, 0.5) is 0 Å². The second-order valence-electron chi connectivity index (χ2n) is 4.86. The van der Waals surface area contributed by atoms with Gasteiger partial charge < -0.3 is 5.32 Å². The molecule has 0 bridgehead atoms. The minimum atomic E-state index is -0.308. The van der Waals surface area contributed by atoms with E-state index in [1.807, 2.05) is 31.7 Å². The number of halogens is 1. The molecule has 0 fully saturated rings. The van der Waals surface area contributed by atoms with Gasteiger partial charge in [-0.15, -0.1) is 22.9 Å². The number of carbonyl (C=O) groups excluding carboxylic acids is 1. The van der Waals surface area contributed by atoms with Crippen LogP contribution in [0.25, 0.3) is 0 Å². The van der Waals surface area contributed by atoms with Crippen LogP contribution in [0.3, 0.4) is 0 Å². The van der Waals surface area contributed by atoms with Crippen LogP contribution in [0.2, 0.25) is 0 Å². The lowest BCUT2D eigenvalue weighted by atomic mass is 10.0. The van der Waals surface area contributed by atoms with Crippen molar-refractivity contribution in [1.29, 1.82) is 0 Å². The van der Waals surface area contributed by atoms with Crippen molar-refractivity contribution in [2.45, 2.75) is 38.0 Å². The van der Waals surface area contributed by atoms with Gasteiger partial charge in [0.1, 0.15) is 0 Å². The SMILES string of the molecule is CCC(C)(CCl)NC(=O)c1cc2c(s1)CCSC2. The molecule has 2 nitrogen and oxygen atoms in total. The second kappa shape index (κ2) is 5.85. The van der Waals surface area contributed by atoms with Crippen molar-refractivity contribution in [2.75, 3.05) is 11.6 Å². The molecule has 1 aliphatic rings. The molecule has 1 amide bonds. The minimum Gasteiger partial charge on any atom is -0.345 e. The van der Waals surface area contributed by atoms with Crippen molar-refractivity contribution in [3.8, 4) is 0 Å². The summed E-state index contributed by atoms with van der Waals surface area (Å²) in [7, 11) is 0. The molecule has 1 aromatic rings. The van der Waals surface area contributed by atoms with Crippen molar-refractivity contribution in [3.05, 3.63) is 21.4 Å². The van der Waals surface area contributed by atoms with E-state index in [9.17, 15) is 4.79 Å². The number of thioether (sulfide) groups is 1. The van der Waals surface area contributed by atoms with E-state index in [0.29, 0.717) is 5.88 Å². The molecule has 100 valence electrons. The summed E-state index contributed by atoms with van der Waals surface area (Å²) in [6.07, 6.45) is 1.93. The van der Waals surface area contributed by atoms with Gasteiger partial charge in [0.15, 0.2) is 0 Å². The smallest absolute Gasteiger partial charge is 0.261 e. The highest BCUT2D eigenvalue weighted by Gasteiger charge is 2.25. The van der Waals surface area contributed by atoms with Crippen molar-refractivity contribution in [2.24, 2.45) is 0 Å². The van der Waals surface area contributed by atoms with Crippen LogP contribution in [-0.2, 0) is 12.2 Å². The maximum atomic E-state index is 12.2. The van der Waals surface area contributed by atoms with Gasteiger partial charge in [-0.25, -0.2) is 0 Å². The van der Waals surface area contributed by atoms with Gasteiger partial charge >= 0.3 is 0 Å². The third kappa shape index (κ3) is 3.03. The summed E-state index contributed by atoms with van der Waals surface area (Å²) < 4.78 is 0. The number of aryl methyl sites for hydroxylation is 1. The molecule has 5 heteroatoms. The van der Waals surface area contributed by atoms with E-state index in [4.69, 9.17) is 11.6 Å². The average molecular weight is 304 g/mol. The Morgan fingerprint density at radius 2 is 2.39 bits per heavy atom. The van der Waals surface area contributed by atoms with E-state index in [2.05, 4.69) is 5.32 Å². The number of amides is 1. The lowest BCUT2D eigenvalue weighted by molar-refractivity contribution is 0.0916. The van der Waals surface area contributed by atoms with Crippen molar-refractivity contribution in [1.82, 2.24) is 5.32 Å². The number of alkyl halides is 1. The minimum absolute atomic E-state index is 0.0180. The molecule has 18 heavy (non-hydrogen) atoms. The number of hydrogen-bond acceptors (Lipinski definition) is 3. The van der Waals surface area contributed by atoms with Gasteiger partial charge in [0, 0.05) is 16.5 Å². The summed E-state index contributed by atoms with van der Waals surface area (Å²) in [6, 6.07) is 2.05. The number of nitrogens with one attached hydrogen (secondary N) is 1. The van der Waals surface area contributed by atoms with E-state index >= 15 is 0 Å². The Kier molecular flexibility index (Phi) is 4.62. The van der Waals surface area contributed by atoms with E-state index in [1.165, 1.54) is 16.2 Å². The Bertz CT molecular complexity index is 417. The third-order valence-electron chi connectivity index (χ3n) is 3.34. The summed E-state index contributed by atoms with van der Waals surface area (Å²) in [4.78, 5) is 14.4. The van der Waals surface area contributed by atoms with Crippen molar-refractivity contribution >= 4 is 40.6 Å². The predicted octanol–water partition coefficient (Wildman–Crippen LogP) is 3.67. The van der Waals surface area contributed by atoms with Crippen molar-refractivity contribution in [3.63, 3.8) is 0 Å². The Labute approximate surface area is 121 Å². The Hall–Kier alpha value is -0.190. The molecule has 1 N–H and O–H groups in total. The molecule has 1 aromatic heterocycles. The van der Waals surface area contributed by atoms with Crippen LogP contribution in [-0.4, -0.2) is 23.1 Å². The molecule has 1 atom stereocenters. The Morgan fingerprint density at radius 3 is 3.00 bits per heavy atom. The van der Waals surface area contributed by atoms with Gasteiger partial charge in [-0.05, 0) is 37.1 Å². The van der Waals surface area contributed by atoms with Gasteiger partial charge in [-0.2, -0.15) is 11.8 Å². The number of hydrogen-bond donors (Lipinski definition) is 1. The zero-order chi connectivity index (χ0) is 13.2. The van der Waals surface area contributed by atoms with Gasteiger partial charge in [0.05, 0.1) is 10.4 Å². The van der Waals surface area contributed by atoms with Crippen LogP contribution in [0.1, 0.15) is 40.4 Å². The number of fused-ring (bicyclic) bond motifs is 1. The fourth-order valence-corrected chi connectivity index (χ4v) is 4.33. The van der Waals surface area contributed by atoms with E-state index in [-0.39, 0.29) is 11.4 Å². The molecule has 0 aromatic carbocycles. The topological polar surface area (TPSA) is 29.1 Å². The zero-order valence-electron chi connectivity index (χ0n) is 10.7. The lowest BCUT2D eigenvalue weighted by Crippen LogP contribution is -2.46. The summed E-state index contributed by atoms with van der Waals surface area (Å²) in [6.45, 7) is 4.03. The lowest BCUT2D eigenvalue weighted by Gasteiger charge is -2.26. The molecule has 0 saturated carbocycles. The molecule has 2 rings (SSSR count). The molecule has 1 aliphatic heterocycles. The second-order valence-corrected chi connectivity index (χ2v) is 7.37. The molecule has 0 spiro atoms. The summed E-state index contributed by atoms with van der Waals surface area (Å²) in [5, 5.41) is 3.05. The Morgan fingerprint density at radius 1 is 1.61 bits per heavy atom. The number of rotatable bonds is 4. The van der Waals surface area contributed by atoms with Crippen LogP contribution >= 0.6 is 34.7 Å². The fourth-order valence-electron chi connectivity index (χ4n) is 1.81. The largest absolute Gasteiger partial charge is 0.345 e. The fraction of sp³-hybridized carbons (Fsp3) is 0.615. The highest BCUT2D eigenvalue weighted by molar-refractivity contribution is 7.98. The predicted molar refractivity (Wildman–Crippen MR) is 81.1 cm³/mol. The maximum absolute atomic E-state index is 12.2. The number of thiophene rings is 1. The molecular formula is C13H18ClNOS2. The summed E-state index contributed by atoms with van der Waals surface area (Å²) in [5.74, 6) is 2.67. The first-order chi connectivity index (χ1) is 8.58. The first kappa shape index (κ1) is 14.2. The average Bonchev–Trinajstić information content (AvgIpc) is 2.82. The Balaban J connectivity index is 2.11. The van der Waals surface area contributed by atoms with Crippen LogP contribution in [0.5, 0.6) is 0 Å². The highest BCUT2D eigenvalue weighted by Crippen LogP contribution is 2.31. The first-order valence-corrected chi connectivity index (χ1v) is 8.66. The third-order valence-corrected chi connectivity index (χ3v) is 6.18. The molecule has 0 radical (unpaired) electrons. The van der Waals surface area contributed by atoms with Crippen LogP contribution in [0.15, 0.2) is 6.07 Å². The van der Waals surface area contributed by atoms with Gasteiger partial charge in [-0.3, -0.25) is 4.79 Å². The van der Waals surface area contributed by atoms with Crippen LogP contribution < -0.4 is 5.32 Å². The molecular weight excluding hydrogens is 286 g/mol. The van der Waals surface area contributed by atoms with Crippen LogP contribution in [0, 0.1) is 0 Å². The normalized spacial score (nSPS) is 17.9. The number of carbonyl (C=O) groups is 1. The van der Waals surface area contributed by atoms with E-state index in [0.717, 1.165) is 23.5 Å². The van der Waals surface area contributed by atoms with Gasteiger partial charge in [0.2, 0.25) is 0 Å². The molecule has 1 unspecified atom stereocenters. The molecule has 0 aliphatic carbocycles. The monoisotopic (exact) mass is 303 g/mol. The van der Waals surface area contributed by atoms with Gasteiger partial charge in [0.25, 0.3) is 5.91 Å². The highest BCUT2D eigenvalue weighted by atomic mass is 35.5. The first-order valence-electron chi connectivity index (χ1n) is 6.16. The quantitative estimate of drug-likeness (QED) is 0.860. The molecule has 2 heterocycles. The molecule has 0 saturated heterocycles. The summed E-state index contributed by atoms with van der Waals surface area (Å²) in [5.41, 5.74) is 1.03. The standard InChI is InChI=1S/C13H18ClNOS2/c1-3-13(2,8-14)15-12(16)11-6-9-7-17-5-4-10(9)18-11/h6H,3-5,7-8H2,1-2H3,(H,15,16). The summed E-state index contributed by atoms with van der Waals surface area (Å²) >= 11 is 9.50. The van der Waals surface area contributed by atoms with E-state index < -0.39 is 0 Å². The maximum Gasteiger partial charge on any atom is 0.261 e. The zero-order valence-corrected chi connectivity index (χ0v) is 13.1. The van der Waals surface area contributed by atoms with Crippen molar-refractivity contribution < 1.29 is 4.79 Å². The van der Waals surface area contributed by atoms with Gasteiger partial charge in [-0.1, -0.05) is 6.92 Å². The van der Waals surface area contributed by atoms with E-state index in [1.54, 1.807) is 11.3 Å².